The van der Waals surface area contributed by atoms with Gasteiger partial charge in [0.1, 0.15) is 5.82 Å². The second-order valence-corrected chi connectivity index (χ2v) is 4.42. The van der Waals surface area contributed by atoms with E-state index in [9.17, 15) is 9.18 Å². The van der Waals surface area contributed by atoms with E-state index in [1.54, 1.807) is 18.3 Å². The summed E-state index contributed by atoms with van der Waals surface area (Å²) in [6.07, 6.45) is 1.89. The Morgan fingerprint density at radius 1 is 1.47 bits per heavy atom. The van der Waals surface area contributed by atoms with Gasteiger partial charge in [0, 0.05) is 18.2 Å². The molecule has 2 rings (SSSR count). The van der Waals surface area contributed by atoms with Gasteiger partial charge in [-0.05, 0) is 6.07 Å². The molecule has 0 saturated heterocycles. The quantitative estimate of drug-likeness (QED) is 0.913. The maximum absolute atomic E-state index is 13.7. The third-order valence-electron chi connectivity index (χ3n) is 2.55. The SMILES string of the molecule is O=C(O)CCc1cn(Cc2cccc(Cl)c2F)nn1. The average molecular weight is 284 g/mol. The maximum Gasteiger partial charge on any atom is 0.303 e. The lowest BCUT2D eigenvalue weighted by atomic mass is 10.2. The lowest BCUT2D eigenvalue weighted by Crippen LogP contribution is -2.03. The van der Waals surface area contributed by atoms with Gasteiger partial charge in [-0.3, -0.25) is 4.79 Å². The van der Waals surface area contributed by atoms with E-state index in [0.29, 0.717) is 17.7 Å². The predicted molar refractivity (Wildman–Crippen MR) is 66.5 cm³/mol. The monoisotopic (exact) mass is 283 g/mol. The smallest absolute Gasteiger partial charge is 0.303 e. The van der Waals surface area contributed by atoms with Gasteiger partial charge in [0.15, 0.2) is 0 Å². The molecule has 0 amide bonds. The van der Waals surface area contributed by atoms with E-state index < -0.39 is 11.8 Å². The molecule has 1 N–H and O–H groups in total. The summed E-state index contributed by atoms with van der Waals surface area (Å²) in [7, 11) is 0. The van der Waals surface area contributed by atoms with Crippen LogP contribution in [0.5, 0.6) is 0 Å². The van der Waals surface area contributed by atoms with Crippen molar-refractivity contribution in [2.75, 3.05) is 0 Å². The highest BCUT2D eigenvalue weighted by atomic mass is 35.5. The number of hydrogen-bond donors (Lipinski definition) is 1. The first-order valence-corrected chi connectivity index (χ1v) is 5.98. The largest absolute Gasteiger partial charge is 0.481 e. The van der Waals surface area contributed by atoms with Crippen LogP contribution in [-0.4, -0.2) is 26.1 Å². The van der Waals surface area contributed by atoms with Crippen LogP contribution in [0.4, 0.5) is 4.39 Å². The lowest BCUT2D eigenvalue weighted by molar-refractivity contribution is -0.136. The molecule has 7 heteroatoms. The molecule has 0 radical (unpaired) electrons. The zero-order valence-corrected chi connectivity index (χ0v) is 10.6. The van der Waals surface area contributed by atoms with Gasteiger partial charge in [0.25, 0.3) is 0 Å². The zero-order chi connectivity index (χ0) is 13.8. The molecule has 0 spiro atoms. The second-order valence-electron chi connectivity index (χ2n) is 4.01. The number of aryl methyl sites for hydroxylation is 1. The summed E-state index contributed by atoms with van der Waals surface area (Å²) >= 11 is 5.68. The second kappa shape index (κ2) is 5.79. The first-order valence-electron chi connectivity index (χ1n) is 5.60. The minimum absolute atomic E-state index is 0.00970. The Morgan fingerprint density at radius 2 is 2.26 bits per heavy atom. The molecule has 0 fully saturated rings. The minimum Gasteiger partial charge on any atom is -0.481 e. The molecule has 0 atom stereocenters. The van der Waals surface area contributed by atoms with Crippen molar-refractivity contribution >= 4 is 17.6 Å². The minimum atomic E-state index is -0.893. The normalized spacial score (nSPS) is 10.6. The van der Waals surface area contributed by atoms with Gasteiger partial charge in [0.2, 0.25) is 0 Å². The predicted octanol–water partition coefficient (Wildman–Crippen LogP) is 2.14. The fourth-order valence-corrected chi connectivity index (χ4v) is 1.80. The highest BCUT2D eigenvalue weighted by molar-refractivity contribution is 6.30. The molecular formula is C12H11ClFN3O2. The van der Waals surface area contributed by atoms with E-state index in [1.165, 1.54) is 10.7 Å². The Bertz CT molecular complexity index is 600. The Balaban J connectivity index is 2.07. The van der Waals surface area contributed by atoms with Gasteiger partial charge in [-0.2, -0.15) is 0 Å². The summed E-state index contributed by atoms with van der Waals surface area (Å²) in [5.41, 5.74) is 0.965. The van der Waals surface area contributed by atoms with Crippen LogP contribution in [-0.2, 0) is 17.8 Å². The number of carbonyl (C=O) groups is 1. The summed E-state index contributed by atoms with van der Waals surface area (Å²) in [5, 5.41) is 16.3. The van der Waals surface area contributed by atoms with E-state index in [0.717, 1.165) is 0 Å². The number of hydrogen-bond acceptors (Lipinski definition) is 3. The molecular weight excluding hydrogens is 273 g/mol. The molecule has 1 aromatic heterocycles. The molecule has 0 aliphatic rings. The first kappa shape index (κ1) is 13.5. The van der Waals surface area contributed by atoms with Gasteiger partial charge in [-0.1, -0.05) is 28.9 Å². The van der Waals surface area contributed by atoms with Gasteiger partial charge in [-0.25, -0.2) is 9.07 Å². The molecule has 5 nitrogen and oxygen atoms in total. The fraction of sp³-hybridized carbons (Fsp3) is 0.250. The molecule has 0 bridgehead atoms. The van der Waals surface area contributed by atoms with Crippen molar-refractivity contribution in [3.05, 3.63) is 46.5 Å². The molecule has 0 saturated carbocycles. The Hall–Kier alpha value is -1.95. The van der Waals surface area contributed by atoms with Crippen molar-refractivity contribution in [3.8, 4) is 0 Å². The number of aromatic nitrogens is 3. The van der Waals surface area contributed by atoms with Crippen molar-refractivity contribution in [2.45, 2.75) is 19.4 Å². The molecule has 100 valence electrons. The van der Waals surface area contributed by atoms with Gasteiger partial charge < -0.3 is 5.11 Å². The third-order valence-corrected chi connectivity index (χ3v) is 2.84. The van der Waals surface area contributed by atoms with Crippen LogP contribution in [0.2, 0.25) is 5.02 Å². The van der Waals surface area contributed by atoms with E-state index in [1.807, 2.05) is 0 Å². The van der Waals surface area contributed by atoms with Gasteiger partial charge in [-0.15, -0.1) is 5.10 Å². The van der Waals surface area contributed by atoms with Crippen LogP contribution >= 0.6 is 11.6 Å². The third kappa shape index (κ3) is 3.51. The van der Waals surface area contributed by atoms with Crippen molar-refractivity contribution in [1.29, 1.82) is 0 Å². The van der Waals surface area contributed by atoms with Crippen LogP contribution in [0.3, 0.4) is 0 Å². The standard InChI is InChI=1S/C12H11ClFN3O2/c13-10-3-1-2-8(12(10)14)6-17-7-9(15-16-17)4-5-11(18)19/h1-3,7H,4-6H2,(H,18,19). The zero-order valence-electron chi connectivity index (χ0n) is 9.88. The van der Waals surface area contributed by atoms with E-state index in [-0.39, 0.29) is 18.0 Å². The lowest BCUT2D eigenvalue weighted by Gasteiger charge is -2.03. The molecule has 1 heterocycles. The van der Waals surface area contributed by atoms with Crippen LogP contribution < -0.4 is 0 Å². The molecule has 2 aromatic rings. The van der Waals surface area contributed by atoms with E-state index in [2.05, 4.69) is 10.3 Å². The van der Waals surface area contributed by atoms with Crippen LogP contribution in [0, 0.1) is 5.82 Å². The first-order chi connectivity index (χ1) is 9.06. The number of carboxylic acid groups (broad SMARTS) is 1. The van der Waals surface area contributed by atoms with Gasteiger partial charge in [0.05, 0.1) is 23.7 Å². The molecule has 0 aliphatic heterocycles. The number of carboxylic acids is 1. The van der Waals surface area contributed by atoms with Crippen LogP contribution in [0.15, 0.2) is 24.4 Å². The number of halogens is 2. The topological polar surface area (TPSA) is 68.0 Å². The van der Waals surface area contributed by atoms with Crippen molar-refractivity contribution < 1.29 is 14.3 Å². The van der Waals surface area contributed by atoms with Crippen LogP contribution in [0.25, 0.3) is 0 Å². The highest BCUT2D eigenvalue weighted by Crippen LogP contribution is 2.18. The number of aliphatic carboxylic acids is 1. The van der Waals surface area contributed by atoms with E-state index >= 15 is 0 Å². The Labute approximate surface area is 113 Å². The van der Waals surface area contributed by atoms with Crippen molar-refractivity contribution in [1.82, 2.24) is 15.0 Å². The number of nitrogens with zero attached hydrogens (tertiary/aromatic N) is 3. The Kier molecular flexibility index (Phi) is 4.11. The maximum atomic E-state index is 13.7. The average Bonchev–Trinajstić information content (AvgIpc) is 2.80. The highest BCUT2D eigenvalue weighted by Gasteiger charge is 2.09. The molecule has 0 unspecified atom stereocenters. The Morgan fingerprint density at radius 3 is 3.00 bits per heavy atom. The summed E-state index contributed by atoms with van der Waals surface area (Å²) in [4.78, 5) is 10.4. The van der Waals surface area contributed by atoms with Crippen LogP contribution in [0.1, 0.15) is 17.7 Å². The number of rotatable bonds is 5. The number of benzene rings is 1. The van der Waals surface area contributed by atoms with E-state index in [4.69, 9.17) is 16.7 Å². The summed E-state index contributed by atoms with van der Waals surface area (Å²) < 4.78 is 15.1. The fourth-order valence-electron chi connectivity index (χ4n) is 1.61. The summed E-state index contributed by atoms with van der Waals surface area (Å²) in [6.45, 7) is 0.201. The molecule has 0 aliphatic carbocycles. The van der Waals surface area contributed by atoms with Gasteiger partial charge >= 0.3 is 5.97 Å². The molecule has 1 aromatic carbocycles. The van der Waals surface area contributed by atoms with Crippen molar-refractivity contribution in [2.24, 2.45) is 0 Å². The summed E-state index contributed by atoms with van der Waals surface area (Å²) in [5.74, 6) is -1.37. The molecule has 19 heavy (non-hydrogen) atoms. The van der Waals surface area contributed by atoms with Crippen molar-refractivity contribution in [3.63, 3.8) is 0 Å². The summed E-state index contributed by atoms with van der Waals surface area (Å²) in [6, 6.07) is 4.74.